The van der Waals surface area contributed by atoms with Crippen LogP contribution in [0.4, 0.5) is 5.13 Å². The number of likely N-dealkylation sites (tertiary alicyclic amines) is 1. The van der Waals surface area contributed by atoms with E-state index in [2.05, 4.69) is 27.7 Å². The van der Waals surface area contributed by atoms with Gasteiger partial charge in [-0.2, -0.15) is 0 Å². The average Bonchev–Trinajstić information content (AvgIpc) is 3.64. The van der Waals surface area contributed by atoms with Crippen molar-refractivity contribution in [1.82, 2.24) is 15.2 Å². The van der Waals surface area contributed by atoms with Crippen LogP contribution in [0.2, 0.25) is 0 Å². The molecule has 3 aromatic carbocycles. The van der Waals surface area contributed by atoms with Crippen LogP contribution in [-0.4, -0.2) is 40.8 Å². The number of carbonyl (C=O) groups excluding carboxylic acids is 2. The van der Waals surface area contributed by atoms with Crippen molar-refractivity contribution < 1.29 is 14.3 Å². The lowest BCUT2D eigenvalue weighted by atomic mass is 9.90. The number of fused-ring (bicyclic) bond motifs is 1. The Labute approximate surface area is 250 Å². The third-order valence-electron chi connectivity index (χ3n) is 8.12. The Morgan fingerprint density at radius 1 is 0.976 bits per heavy atom. The van der Waals surface area contributed by atoms with Gasteiger partial charge in [-0.05, 0) is 68.0 Å². The normalized spacial score (nSPS) is 19.1. The van der Waals surface area contributed by atoms with Gasteiger partial charge in [0.25, 0.3) is 0 Å². The summed E-state index contributed by atoms with van der Waals surface area (Å²) in [7, 11) is 0. The van der Waals surface area contributed by atoms with Crippen LogP contribution in [-0.2, 0) is 22.6 Å². The molecule has 4 aromatic rings. The Balaban J connectivity index is 1.01. The minimum atomic E-state index is -0.280. The number of benzene rings is 3. The van der Waals surface area contributed by atoms with Gasteiger partial charge < -0.3 is 15.4 Å². The van der Waals surface area contributed by atoms with Crippen LogP contribution < -0.4 is 15.4 Å². The molecule has 1 aliphatic heterocycles. The van der Waals surface area contributed by atoms with Crippen molar-refractivity contribution in [3.63, 3.8) is 0 Å². The van der Waals surface area contributed by atoms with Gasteiger partial charge in [0.1, 0.15) is 11.5 Å². The highest BCUT2D eigenvalue weighted by molar-refractivity contribution is 7.15. The molecule has 0 saturated carbocycles. The van der Waals surface area contributed by atoms with Gasteiger partial charge in [0.05, 0.1) is 17.5 Å². The number of hydrogen-bond donors (Lipinski definition) is 2. The maximum Gasteiger partial charge on any atom is 0.233 e. The Morgan fingerprint density at radius 2 is 1.69 bits per heavy atom. The van der Waals surface area contributed by atoms with Gasteiger partial charge in [-0.25, -0.2) is 4.98 Å². The Morgan fingerprint density at radius 3 is 2.45 bits per heavy atom. The lowest BCUT2D eigenvalue weighted by Gasteiger charge is -2.23. The average molecular weight is 581 g/mol. The van der Waals surface area contributed by atoms with Crippen LogP contribution in [0.1, 0.15) is 59.7 Å². The number of amides is 2. The third-order valence-corrected chi connectivity index (χ3v) is 9.17. The molecule has 2 aliphatic rings. The SMILES string of the molecule is CC(C(=O)Nc1nc2c(s1)CCCC2C(=O)NC1CCN(Cc2ccc(Oc3ccccc3)cc2)C1)c1ccccc1. The van der Waals surface area contributed by atoms with Gasteiger partial charge in [-0.1, -0.05) is 60.7 Å². The highest BCUT2D eigenvalue weighted by Gasteiger charge is 2.33. The Bertz CT molecular complexity index is 1510. The molecule has 7 nitrogen and oxygen atoms in total. The number of thiazole rings is 1. The fraction of sp³-hybridized carbons (Fsp3) is 0.324. The third kappa shape index (κ3) is 6.72. The topological polar surface area (TPSA) is 83.6 Å². The summed E-state index contributed by atoms with van der Waals surface area (Å²) in [5, 5.41) is 6.89. The van der Waals surface area contributed by atoms with Crippen molar-refractivity contribution in [2.75, 3.05) is 18.4 Å². The summed E-state index contributed by atoms with van der Waals surface area (Å²) in [5.41, 5.74) is 3.02. The zero-order valence-electron chi connectivity index (χ0n) is 23.8. The predicted molar refractivity (Wildman–Crippen MR) is 166 cm³/mol. The van der Waals surface area contributed by atoms with E-state index in [0.717, 1.165) is 73.0 Å². The van der Waals surface area contributed by atoms with E-state index in [1.54, 1.807) is 0 Å². The lowest BCUT2D eigenvalue weighted by molar-refractivity contribution is -0.123. The second kappa shape index (κ2) is 12.9. The van der Waals surface area contributed by atoms with Gasteiger partial charge in [0.15, 0.2) is 5.13 Å². The highest BCUT2D eigenvalue weighted by Crippen LogP contribution is 2.37. The van der Waals surface area contributed by atoms with Crippen molar-refractivity contribution in [2.45, 2.75) is 57.0 Å². The second-order valence-corrected chi connectivity index (χ2v) is 12.3. The maximum absolute atomic E-state index is 13.4. The first-order valence-electron chi connectivity index (χ1n) is 14.7. The molecular formula is C34H36N4O3S. The van der Waals surface area contributed by atoms with Crippen LogP contribution in [0.3, 0.4) is 0 Å². The van der Waals surface area contributed by atoms with Crippen molar-refractivity contribution >= 4 is 28.3 Å². The molecule has 2 N–H and O–H groups in total. The molecule has 1 fully saturated rings. The minimum absolute atomic E-state index is 0.0473. The van der Waals surface area contributed by atoms with Crippen molar-refractivity contribution in [3.8, 4) is 11.5 Å². The lowest BCUT2D eigenvalue weighted by Crippen LogP contribution is -2.40. The van der Waals surface area contributed by atoms with Gasteiger partial charge in [0.2, 0.25) is 11.8 Å². The van der Waals surface area contributed by atoms with Crippen molar-refractivity contribution in [1.29, 1.82) is 0 Å². The summed E-state index contributed by atoms with van der Waals surface area (Å²) in [5.74, 6) is 1.05. The number of nitrogens with one attached hydrogen (secondary N) is 2. The maximum atomic E-state index is 13.4. The summed E-state index contributed by atoms with van der Waals surface area (Å²) < 4.78 is 5.91. The first kappa shape index (κ1) is 28.1. The number of para-hydroxylation sites is 1. The molecule has 0 bridgehead atoms. The second-order valence-electron chi connectivity index (χ2n) is 11.2. The molecule has 0 spiro atoms. The first-order valence-corrected chi connectivity index (χ1v) is 15.5. The molecule has 216 valence electrons. The molecule has 2 heterocycles. The molecule has 3 unspecified atom stereocenters. The van der Waals surface area contributed by atoms with Gasteiger partial charge in [-0.15, -0.1) is 11.3 Å². The standard InChI is InChI=1S/C34H36N4O3S/c1-23(25-9-4-2-5-10-25)32(39)37-34-36-31-29(13-8-14-30(31)42-34)33(40)35-26-19-20-38(22-26)21-24-15-17-28(18-16-24)41-27-11-6-3-7-12-27/h2-7,9-12,15-18,23,26,29H,8,13-14,19-22H2,1H3,(H,35,40)(H,36,37,39). The Hall–Kier alpha value is -4.01. The Kier molecular flexibility index (Phi) is 8.63. The molecule has 2 amide bonds. The summed E-state index contributed by atoms with van der Waals surface area (Å²) in [6.45, 7) is 4.50. The number of aromatic nitrogens is 1. The van der Waals surface area contributed by atoms with E-state index in [9.17, 15) is 9.59 Å². The number of rotatable bonds is 9. The van der Waals surface area contributed by atoms with Crippen LogP contribution >= 0.6 is 11.3 Å². The molecular weight excluding hydrogens is 544 g/mol. The van der Waals surface area contributed by atoms with Crippen LogP contribution in [0, 0.1) is 0 Å². The minimum Gasteiger partial charge on any atom is -0.457 e. The molecule has 42 heavy (non-hydrogen) atoms. The number of ether oxygens (including phenoxy) is 1. The number of anilines is 1. The van der Waals surface area contributed by atoms with Crippen LogP contribution in [0.25, 0.3) is 0 Å². The van der Waals surface area contributed by atoms with E-state index in [0.29, 0.717) is 5.13 Å². The largest absolute Gasteiger partial charge is 0.457 e. The number of aryl methyl sites for hydroxylation is 1. The van der Waals surface area contributed by atoms with Crippen molar-refractivity contribution in [3.05, 3.63) is 107 Å². The molecule has 6 rings (SSSR count). The summed E-state index contributed by atoms with van der Waals surface area (Å²) in [6, 6.07) is 27.9. The smallest absolute Gasteiger partial charge is 0.233 e. The van der Waals surface area contributed by atoms with E-state index in [1.807, 2.05) is 79.7 Å². The van der Waals surface area contributed by atoms with E-state index >= 15 is 0 Å². The fourth-order valence-electron chi connectivity index (χ4n) is 5.78. The molecule has 1 aliphatic carbocycles. The zero-order chi connectivity index (χ0) is 28.9. The number of nitrogens with zero attached hydrogens (tertiary/aromatic N) is 2. The number of carbonyl (C=O) groups is 2. The number of hydrogen-bond acceptors (Lipinski definition) is 6. The predicted octanol–water partition coefficient (Wildman–Crippen LogP) is 6.49. The van der Waals surface area contributed by atoms with E-state index in [1.165, 1.54) is 16.9 Å². The highest BCUT2D eigenvalue weighted by atomic mass is 32.1. The van der Waals surface area contributed by atoms with Crippen LogP contribution in [0.15, 0.2) is 84.9 Å². The quantitative estimate of drug-likeness (QED) is 0.237. The van der Waals surface area contributed by atoms with E-state index in [-0.39, 0.29) is 29.7 Å². The van der Waals surface area contributed by atoms with Gasteiger partial charge in [0, 0.05) is 30.6 Å². The molecule has 1 saturated heterocycles. The molecule has 1 aromatic heterocycles. The van der Waals surface area contributed by atoms with Crippen LogP contribution in [0.5, 0.6) is 11.5 Å². The summed E-state index contributed by atoms with van der Waals surface area (Å²) in [4.78, 5) is 34.6. The van der Waals surface area contributed by atoms with Gasteiger partial charge >= 0.3 is 0 Å². The van der Waals surface area contributed by atoms with E-state index < -0.39 is 0 Å². The van der Waals surface area contributed by atoms with Gasteiger partial charge in [-0.3, -0.25) is 14.5 Å². The fourth-order valence-corrected chi connectivity index (χ4v) is 6.84. The summed E-state index contributed by atoms with van der Waals surface area (Å²) in [6.07, 6.45) is 3.55. The van der Waals surface area contributed by atoms with Crippen molar-refractivity contribution in [2.24, 2.45) is 0 Å². The zero-order valence-corrected chi connectivity index (χ0v) is 24.6. The molecule has 3 atom stereocenters. The van der Waals surface area contributed by atoms with E-state index in [4.69, 9.17) is 9.72 Å². The molecule has 0 radical (unpaired) electrons. The molecule has 8 heteroatoms. The first-order chi connectivity index (χ1) is 20.5. The monoisotopic (exact) mass is 580 g/mol. The summed E-state index contributed by atoms with van der Waals surface area (Å²) >= 11 is 1.50.